The molecule has 0 fully saturated rings. The number of rotatable bonds is 3. The fraction of sp³-hybridized carbons (Fsp3) is 0.167. The highest BCUT2D eigenvalue weighted by Crippen LogP contribution is 2.09. The molecule has 18 heavy (non-hydrogen) atoms. The molecular formula is C12H10F2N2O2. The molecule has 0 aliphatic carbocycles. The SMILES string of the molecule is Cc1nc(CNC(=O)c2ccc(F)c(F)c2)co1. The molecule has 0 radical (unpaired) electrons. The molecule has 2 aromatic rings. The molecule has 6 heteroatoms. The number of nitrogens with zero attached hydrogens (tertiary/aromatic N) is 1. The first-order valence-electron chi connectivity index (χ1n) is 5.20. The number of oxazole rings is 1. The van der Waals surface area contributed by atoms with Crippen LogP contribution in [0.15, 0.2) is 28.9 Å². The first-order chi connectivity index (χ1) is 8.56. The lowest BCUT2D eigenvalue weighted by Gasteiger charge is -2.03. The van der Waals surface area contributed by atoms with Crippen molar-refractivity contribution in [3.8, 4) is 0 Å². The number of carbonyl (C=O) groups excluding carboxylic acids is 1. The van der Waals surface area contributed by atoms with E-state index in [0.29, 0.717) is 11.6 Å². The van der Waals surface area contributed by atoms with Crippen LogP contribution in [-0.2, 0) is 6.54 Å². The van der Waals surface area contributed by atoms with Crippen molar-refractivity contribution in [1.82, 2.24) is 10.3 Å². The monoisotopic (exact) mass is 252 g/mol. The van der Waals surface area contributed by atoms with Gasteiger partial charge in [0.15, 0.2) is 17.5 Å². The summed E-state index contributed by atoms with van der Waals surface area (Å²) in [7, 11) is 0. The van der Waals surface area contributed by atoms with Gasteiger partial charge in [0.25, 0.3) is 5.91 Å². The molecule has 2 rings (SSSR count). The Bertz CT molecular complexity index is 581. The van der Waals surface area contributed by atoms with Crippen LogP contribution in [0, 0.1) is 18.6 Å². The first kappa shape index (κ1) is 12.2. The fourth-order valence-corrected chi connectivity index (χ4v) is 1.40. The molecule has 0 aliphatic heterocycles. The second-order valence-electron chi connectivity index (χ2n) is 3.67. The zero-order chi connectivity index (χ0) is 13.1. The number of carbonyl (C=O) groups is 1. The number of aromatic nitrogens is 1. The van der Waals surface area contributed by atoms with E-state index in [1.165, 1.54) is 12.3 Å². The topological polar surface area (TPSA) is 55.1 Å². The standard InChI is InChI=1S/C12H10F2N2O2/c1-7-16-9(6-18-7)5-15-12(17)8-2-3-10(13)11(14)4-8/h2-4,6H,5H2,1H3,(H,15,17). The van der Waals surface area contributed by atoms with E-state index in [2.05, 4.69) is 10.3 Å². The van der Waals surface area contributed by atoms with E-state index in [9.17, 15) is 13.6 Å². The highest BCUT2D eigenvalue weighted by molar-refractivity contribution is 5.94. The predicted molar refractivity (Wildman–Crippen MR) is 58.8 cm³/mol. The van der Waals surface area contributed by atoms with Gasteiger partial charge < -0.3 is 9.73 Å². The van der Waals surface area contributed by atoms with Crippen LogP contribution in [0.4, 0.5) is 8.78 Å². The summed E-state index contributed by atoms with van der Waals surface area (Å²) < 4.78 is 30.6. The molecule has 1 heterocycles. The average molecular weight is 252 g/mol. The zero-order valence-corrected chi connectivity index (χ0v) is 9.54. The molecule has 1 aromatic heterocycles. The minimum Gasteiger partial charge on any atom is -0.449 e. The first-order valence-corrected chi connectivity index (χ1v) is 5.20. The quantitative estimate of drug-likeness (QED) is 0.911. The van der Waals surface area contributed by atoms with E-state index in [1.54, 1.807) is 6.92 Å². The maximum atomic E-state index is 12.9. The van der Waals surface area contributed by atoms with Crippen molar-refractivity contribution in [2.45, 2.75) is 13.5 Å². The molecule has 1 amide bonds. The lowest BCUT2D eigenvalue weighted by Crippen LogP contribution is -2.23. The minimum atomic E-state index is -1.06. The molecule has 0 saturated carbocycles. The Morgan fingerprint density at radius 1 is 1.39 bits per heavy atom. The Hall–Kier alpha value is -2.24. The van der Waals surface area contributed by atoms with E-state index < -0.39 is 17.5 Å². The van der Waals surface area contributed by atoms with Crippen molar-refractivity contribution in [3.63, 3.8) is 0 Å². The number of halogens is 2. The van der Waals surface area contributed by atoms with Crippen molar-refractivity contribution in [3.05, 3.63) is 53.2 Å². The molecule has 4 nitrogen and oxygen atoms in total. The third-order valence-electron chi connectivity index (χ3n) is 2.28. The van der Waals surface area contributed by atoms with Gasteiger partial charge in [-0.15, -0.1) is 0 Å². The molecule has 1 N–H and O–H groups in total. The molecule has 0 atom stereocenters. The zero-order valence-electron chi connectivity index (χ0n) is 9.54. The number of benzene rings is 1. The van der Waals surface area contributed by atoms with Gasteiger partial charge in [-0.25, -0.2) is 13.8 Å². The highest BCUT2D eigenvalue weighted by atomic mass is 19.2. The van der Waals surface area contributed by atoms with Crippen LogP contribution in [0.3, 0.4) is 0 Å². The molecular weight excluding hydrogens is 242 g/mol. The molecule has 1 aromatic carbocycles. The Balaban J connectivity index is 2.01. The molecule has 0 unspecified atom stereocenters. The second kappa shape index (κ2) is 4.95. The molecule has 94 valence electrons. The summed E-state index contributed by atoms with van der Waals surface area (Å²) in [6.07, 6.45) is 1.42. The van der Waals surface area contributed by atoms with E-state index in [1.807, 2.05) is 0 Å². The van der Waals surface area contributed by atoms with Gasteiger partial charge in [-0.1, -0.05) is 0 Å². The third kappa shape index (κ3) is 2.71. The van der Waals surface area contributed by atoms with Gasteiger partial charge in [-0.3, -0.25) is 4.79 Å². The van der Waals surface area contributed by atoms with Gasteiger partial charge in [0.05, 0.1) is 12.2 Å². The molecule has 0 saturated heterocycles. The fourth-order valence-electron chi connectivity index (χ4n) is 1.40. The van der Waals surface area contributed by atoms with Gasteiger partial charge in [0.2, 0.25) is 0 Å². The highest BCUT2D eigenvalue weighted by Gasteiger charge is 2.10. The Kier molecular flexibility index (Phi) is 3.36. The number of nitrogens with one attached hydrogen (secondary N) is 1. The number of hydrogen-bond acceptors (Lipinski definition) is 3. The second-order valence-corrected chi connectivity index (χ2v) is 3.67. The van der Waals surface area contributed by atoms with Crippen LogP contribution >= 0.6 is 0 Å². The van der Waals surface area contributed by atoms with Crippen LogP contribution in [0.5, 0.6) is 0 Å². The predicted octanol–water partition coefficient (Wildman–Crippen LogP) is 2.19. The van der Waals surface area contributed by atoms with Gasteiger partial charge in [-0.2, -0.15) is 0 Å². The third-order valence-corrected chi connectivity index (χ3v) is 2.28. The lowest BCUT2D eigenvalue weighted by atomic mass is 10.2. The van der Waals surface area contributed by atoms with Crippen LogP contribution in [0.25, 0.3) is 0 Å². The van der Waals surface area contributed by atoms with E-state index >= 15 is 0 Å². The Labute approximate surface area is 102 Å². The van der Waals surface area contributed by atoms with E-state index in [4.69, 9.17) is 4.42 Å². The van der Waals surface area contributed by atoms with Crippen LogP contribution in [0.2, 0.25) is 0 Å². The summed E-state index contributed by atoms with van der Waals surface area (Å²) in [6, 6.07) is 2.96. The Morgan fingerprint density at radius 2 is 2.17 bits per heavy atom. The maximum absolute atomic E-state index is 12.9. The van der Waals surface area contributed by atoms with E-state index in [0.717, 1.165) is 12.1 Å². The van der Waals surface area contributed by atoms with Crippen molar-refractivity contribution in [1.29, 1.82) is 0 Å². The number of aryl methyl sites for hydroxylation is 1. The summed E-state index contributed by atoms with van der Waals surface area (Å²) in [5.41, 5.74) is 0.609. The van der Waals surface area contributed by atoms with Gasteiger partial charge in [0, 0.05) is 12.5 Å². The summed E-state index contributed by atoms with van der Waals surface area (Å²) in [5, 5.41) is 2.52. The van der Waals surface area contributed by atoms with Gasteiger partial charge in [-0.05, 0) is 18.2 Å². The van der Waals surface area contributed by atoms with Gasteiger partial charge in [0.1, 0.15) is 6.26 Å². The summed E-state index contributed by atoms with van der Waals surface area (Å²) in [4.78, 5) is 15.6. The molecule has 0 bridgehead atoms. The number of amides is 1. The summed E-state index contributed by atoms with van der Waals surface area (Å²) in [6.45, 7) is 1.84. The van der Waals surface area contributed by atoms with Crippen molar-refractivity contribution >= 4 is 5.91 Å². The average Bonchev–Trinajstić information content (AvgIpc) is 2.75. The van der Waals surface area contributed by atoms with Crippen molar-refractivity contribution < 1.29 is 18.0 Å². The summed E-state index contributed by atoms with van der Waals surface area (Å²) >= 11 is 0. The van der Waals surface area contributed by atoms with E-state index in [-0.39, 0.29) is 12.1 Å². The molecule has 0 aliphatic rings. The van der Waals surface area contributed by atoms with Gasteiger partial charge >= 0.3 is 0 Å². The van der Waals surface area contributed by atoms with Crippen LogP contribution < -0.4 is 5.32 Å². The lowest BCUT2D eigenvalue weighted by molar-refractivity contribution is 0.0950. The Morgan fingerprint density at radius 3 is 2.78 bits per heavy atom. The van der Waals surface area contributed by atoms with Crippen molar-refractivity contribution in [2.75, 3.05) is 0 Å². The van der Waals surface area contributed by atoms with Crippen LogP contribution in [0.1, 0.15) is 21.9 Å². The van der Waals surface area contributed by atoms with Crippen molar-refractivity contribution in [2.24, 2.45) is 0 Å². The smallest absolute Gasteiger partial charge is 0.251 e. The number of hydrogen-bond donors (Lipinski definition) is 1. The minimum absolute atomic E-state index is 0.0501. The normalized spacial score (nSPS) is 10.4. The largest absolute Gasteiger partial charge is 0.449 e. The summed E-state index contributed by atoms with van der Waals surface area (Å²) in [5.74, 6) is -2.06. The molecule has 0 spiro atoms. The van der Waals surface area contributed by atoms with Crippen LogP contribution in [-0.4, -0.2) is 10.9 Å². The maximum Gasteiger partial charge on any atom is 0.251 e.